The molecule has 18 heavy (non-hydrogen) atoms. The van der Waals surface area contributed by atoms with E-state index in [9.17, 15) is 0 Å². The molecule has 0 aliphatic carbocycles. The summed E-state index contributed by atoms with van der Waals surface area (Å²) in [6, 6.07) is 10.4. The van der Waals surface area contributed by atoms with Crippen LogP contribution in [-0.2, 0) is 6.54 Å². The van der Waals surface area contributed by atoms with E-state index in [-0.39, 0.29) is 6.04 Å². The number of aryl methyl sites for hydroxylation is 1. The summed E-state index contributed by atoms with van der Waals surface area (Å²) in [6.45, 7) is 5.20. The molecule has 2 unspecified atom stereocenters. The third kappa shape index (κ3) is 2.46. The first-order chi connectivity index (χ1) is 8.77. The Hall–Kier alpha value is -1.61. The van der Waals surface area contributed by atoms with Gasteiger partial charge in [-0.2, -0.15) is 0 Å². The molecule has 0 spiro atoms. The van der Waals surface area contributed by atoms with Gasteiger partial charge < -0.3 is 10.3 Å². The molecule has 1 aromatic heterocycles. The lowest BCUT2D eigenvalue weighted by Gasteiger charge is -2.23. The van der Waals surface area contributed by atoms with Gasteiger partial charge in [0, 0.05) is 24.9 Å². The molecule has 2 aromatic rings. The molecule has 1 heterocycles. The van der Waals surface area contributed by atoms with E-state index in [0.29, 0.717) is 5.92 Å². The summed E-state index contributed by atoms with van der Waals surface area (Å²) in [6.07, 6.45) is 4.84. The summed E-state index contributed by atoms with van der Waals surface area (Å²) in [5.41, 5.74) is 7.71. The summed E-state index contributed by atoms with van der Waals surface area (Å²) in [5, 5.41) is 0. The van der Waals surface area contributed by atoms with Gasteiger partial charge in [0.2, 0.25) is 0 Å². The SMILES string of the molecule is CCC(c1ccccc1)C(N)c1nccn1CC. The third-order valence-corrected chi connectivity index (χ3v) is 3.49. The van der Waals surface area contributed by atoms with Gasteiger partial charge in [-0.05, 0) is 18.9 Å². The highest BCUT2D eigenvalue weighted by Gasteiger charge is 2.22. The topological polar surface area (TPSA) is 43.8 Å². The third-order valence-electron chi connectivity index (χ3n) is 3.49. The van der Waals surface area contributed by atoms with E-state index in [1.807, 2.05) is 18.5 Å². The van der Waals surface area contributed by atoms with Gasteiger partial charge in [-0.1, -0.05) is 37.3 Å². The molecular weight excluding hydrogens is 222 g/mol. The Balaban J connectivity index is 2.28. The minimum atomic E-state index is -0.0488. The Labute approximate surface area is 109 Å². The Bertz CT molecular complexity index is 475. The fourth-order valence-electron chi connectivity index (χ4n) is 2.46. The summed E-state index contributed by atoms with van der Waals surface area (Å²) in [5.74, 6) is 1.30. The van der Waals surface area contributed by atoms with Crippen molar-refractivity contribution in [2.24, 2.45) is 5.73 Å². The van der Waals surface area contributed by atoms with Crippen LogP contribution in [0, 0.1) is 0 Å². The highest BCUT2D eigenvalue weighted by molar-refractivity contribution is 5.23. The van der Waals surface area contributed by atoms with E-state index in [0.717, 1.165) is 18.8 Å². The maximum atomic E-state index is 6.42. The lowest BCUT2D eigenvalue weighted by Crippen LogP contribution is -2.23. The van der Waals surface area contributed by atoms with Crippen LogP contribution in [0.15, 0.2) is 42.7 Å². The monoisotopic (exact) mass is 243 g/mol. The van der Waals surface area contributed by atoms with Gasteiger partial charge in [0.25, 0.3) is 0 Å². The molecule has 0 saturated carbocycles. The number of aromatic nitrogens is 2. The number of rotatable bonds is 5. The van der Waals surface area contributed by atoms with E-state index in [4.69, 9.17) is 5.73 Å². The van der Waals surface area contributed by atoms with Gasteiger partial charge in [0.1, 0.15) is 5.82 Å². The van der Waals surface area contributed by atoms with E-state index in [1.54, 1.807) is 0 Å². The van der Waals surface area contributed by atoms with Crippen LogP contribution < -0.4 is 5.73 Å². The smallest absolute Gasteiger partial charge is 0.126 e. The second-order valence-corrected chi connectivity index (χ2v) is 4.52. The minimum absolute atomic E-state index is 0.0488. The first kappa shape index (κ1) is 12.8. The van der Waals surface area contributed by atoms with Gasteiger partial charge in [-0.3, -0.25) is 0 Å². The molecule has 3 nitrogen and oxygen atoms in total. The highest BCUT2D eigenvalue weighted by atomic mass is 15.1. The molecule has 0 aliphatic heterocycles. The second-order valence-electron chi connectivity index (χ2n) is 4.52. The van der Waals surface area contributed by atoms with Crippen molar-refractivity contribution in [1.29, 1.82) is 0 Å². The predicted molar refractivity (Wildman–Crippen MR) is 74.3 cm³/mol. The molecule has 0 saturated heterocycles. The van der Waals surface area contributed by atoms with Crippen molar-refractivity contribution in [3.63, 3.8) is 0 Å². The molecule has 2 atom stereocenters. The van der Waals surface area contributed by atoms with Gasteiger partial charge in [-0.15, -0.1) is 0 Å². The van der Waals surface area contributed by atoms with Crippen LogP contribution in [0.4, 0.5) is 0 Å². The average Bonchev–Trinajstić information content (AvgIpc) is 2.89. The maximum Gasteiger partial charge on any atom is 0.126 e. The average molecular weight is 243 g/mol. The van der Waals surface area contributed by atoms with Gasteiger partial charge in [0.05, 0.1) is 6.04 Å². The molecule has 3 heteroatoms. The van der Waals surface area contributed by atoms with Crippen molar-refractivity contribution in [3.05, 3.63) is 54.1 Å². The number of benzene rings is 1. The Morgan fingerprint density at radius 2 is 1.94 bits per heavy atom. The Morgan fingerprint density at radius 1 is 1.22 bits per heavy atom. The summed E-state index contributed by atoms with van der Waals surface area (Å²) in [4.78, 5) is 4.42. The van der Waals surface area contributed by atoms with Gasteiger partial charge >= 0.3 is 0 Å². The van der Waals surface area contributed by atoms with E-state index >= 15 is 0 Å². The number of nitrogens with zero attached hydrogens (tertiary/aromatic N) is 2. The van der Waals surface area contributed by atoms with Crippen molar-refractivity contribution in [1.82, 2.24) is 9.55 Å². The van der Waals surface area contributed by atoms with E-state index < -0.39 is 0 Å². The van der Waals surface area contributed by atoms with Crippen molar-refractivity contribution < 1.29 is 0 Å². The molecule has 0 radical (unpaired) electrons. The van der Waals surface area contributed by atoms with E-state index in [1.165, 1.54) is 5.56 Å². The fraction of sp³-hybridized carbons (Fsp3) is 0.400. The number of imidazole rings is 1. The molecule has 96 valence electrons. The van der Waals surface area contributed by atoms with Crippen LogP contribution in [0.1, 0.15) is 43.6 Å². The molecule has 2 rings (SSSR count). The standard InChI is InChI=1S/C15H21N3/c1-3-13(12-8-6-5-7-9-12)14(16)15-17-10-11-18(15)4-2/h5-11,13-14H,3-4,16H2,1-2H3. The summed E-state index contributed by atoms with van der Waals surface area (Å²) >= 11 is 0. The van der Waals surface area contributed by atoms with Gasteiger partial charge in [0.15, 0.2) is 0 Å². The molecule has 0 bridgehead atoms. The van der Waals surface area contributed by atoms with Gasteiger partial charge in [-0.25, -0.2) is 4.98 Å². The highest BCUT2D eigenvalue weighted by Crippen LogP contribution is 2.30. The van der Waals surface area contributed by atoms with Crippen LogP contribution >= 0.6 is 0 Å². The molecule has 0 amide bonds. The zero-order chi connectivity index (χ0) is 13.0. The maximum absolute atomic E-state index is 6.42. The molecule has 1 aromatic carbocycles. The van der Waals surface area contributed by atoms with Crippen molar-refractivity contribution in [2.75, 3.05) is 0 Å². The first-order valence-corrected chi connectivity index (χ1v) is 6.59. The Morgan fingerprint density at radius 3 is 2.56 bits per heavy atom. The van der Waals surface area contributed by atoms with Crippen LogP contribution in [-0.4, -0.2) is 9.55 Å². The lowest BCUT2D eigenvalue weighted by molar-refractivity contribution is 0.492. The van der Waals surface area contributed by atoms with Crippen LogP contribution in [0.3, 0.4) is 0 Å². The lowest BCUT2D eigenvalue weighted by atomic mass is 9.89. The number of hydrogen-bond acceptors (Lipinski definition) is 2. The summed E-state index contributed by atoms with van der Waals surface area (Å²) < 4.78 is 2.12. The minimum Gasteiger partial charge on any atom is -0.334 e. The predicted octanol–water partition coefficient (Wildman–Crippen LogP) is 3.10. The van der Waals surface area contributed by atoms with E-state index in [2.05, 4.69) is 47.7 Å². The second kappa shape index (κ2) is 5.83. The quantitative estimate of drug-likeness (QED) is 0.877. The van der Waals surface area contributed by atoms with Crippen molar-refractivity contribution >= 4 is 0 Å². The Kier molecular flexibility index (Phi) is 4.15. The summed E-state index contributed by atoms with van der Waals surface area (Å²) in [7, 11) is 0. The first-order valence-electron chi connectivity index (χ1n) is 6.59. The molecule has 0 aliphatic rings. The molecule has 0 fully saturated rings. The number of nitrogens with two attached hydrogens (primary N) is 1. The molecular formula is C15H21N3. The zero-order valence-corrected chi connectivity index (χ0v) is 11.1. The van der Waals surface area contributed by atoms with Crippen LogP contribution in [0.25, 0.3) is 0 Å². The fourth-order valence-corrected chi connectivity index (χ4v) is 2.46. The van der Waals surface area contributed by atoms with Crippen molar-refractivity contribution in [3.8, 4) is 0 Å². The largest absolute Gasteiger partial charge is 0.334 e. The normalized spacial score (nSPS) is 14.4. The van der Waals surface area contributed by atoms with Crippen LogP contribution in [0.5, 0.6) is 0 Å². The number of hydrogen-bond donors (Lipinski definition) is 1. The zero-order valence-electron chi connectivity index (χ0n) is 11.1. The van der Waals surface area contributed by atoms with Crippen LogP contribution in [0.2, 0.25) is 0 Å². The van der Waals surface area contributed by atoms with Crippen molar-refractivity contribution in [2.45, 2.75) is 38.8 Å². The molecule has 2 N–H and O–H groups in total.